The number of aliphatic hydroxyl groups is 1. The molecule has 140 valence electrons. The number of hydrogen-bond acceptors (Lipinski definition) is 5. The van der Waals surface area contributed by atoms with Gasteiger partial charge in [0, 0.05) is 25.6 Å². The fourth-order valence-electron chi connectivity index (χ4n) is 3.56. The Morgan fingerprint density at radius 1 is 1.27 bits per heavy atom. The molecule has 2 aromatic heterocycles. The van der Waals surface area contributed by atoms with E-state index in [4.69, 9.17) is 0 Å². The zero-order valence-corrected chi connectivity index (χ0v) is 16.5. The summed E-state index contributed by atoms with van der Waals surface area (Å²) < 4.78 is 3.62. The van der Waals surface area contributed by atoms with Crippen molar-refractivity contribution in [3.05, 3.63) is 21.3 Å². The fraction of sp³-hybridized carbons (Fsp3) is 0.647. The molecule has 0 aromatic carbocycles. The molecule has 9 heteroatoms. The molecule has 8 nitrogen and oxygen atoms in total. The highest BCUT2D eigenvalue weighted by molar-refractivity contribution is 9.10. The molecule has 1 saturated heterocycles. The lowest BCUT2D eigenvalue weighted by atomic mass is 9.90. The average molecular weight is 424 g/mol. The molecule has 0 radical (unpaired) electrons. The topological polar surface area (TPSA) is 93.2 Å². The Morgan fingerprint density at radius 2 is 1.92 bits per heavy atom. The van der Waals surface area contributed by atoms with Gasteiger partial charge in [0.25, 0.3) is 5.56 Å². The lowest BCUT2D eigenvalue weighted by Gasteiger charge is -2.39. The van der Waals surface area contributed by atoms with Crippen molar-refractivity contribution in [3.8, 4) is 0 Å². The van der Waals surface area contributed by atoms with Crippen LogP contribution < -0.4 is 5.56 Å². The van der Waals surface area contributed by atoms with Crippen molar-refractivity contribution < 1.29 is 9.90 Å². The van der Waals surface area contributed by atoms with E-state index in [9.17, 15) is 14.7 Å². The molecule has 26 heavy (non-hydrogen) atoms. The molecule has 2 aliphatic rings. The highest BCUT2D eigenvalue weighted by Crippen LogP contribution is 2.47. The first kappa shape index (κ1) is 17.7. The number of aromatic nitrogens is 4. The van der Waals surface area contributed by atoms with Crippen molar-refractivity contribution >= 4 is 32.9 Å². The smallest absolute Gasteiger partial charge is 0.281 e. The average Bonchev–Trinajstić information content (AvgIpc) is 3.29. The summed E-state index contributed by atoms with van der Waals surface area (Å²) in [6, 6.07) is 0. The van der Waals surface area contributed by atoms with Gasteiger partial charge >= 0.3 is 0 Å². The summed E-state index contributed by atoms with van der Waals surface area (Å²) in [6.07, 6.45) is 4.26. The number of aryl methyl sites for hydroxylation is 1. The van der Waals surface area contributed by atoms with Gasteiger partial charge in [-0.1, -0.05) is 6.92 Å². The van der Waals surface area contributed by atoms with E-state index in [-0.39, 0.29) is 28.9 Å². The Hall–Kier alpha value is -1.74. The molecule has 1 amide bonds. The van der Waals surface area contributed by atoms with E-state index >= 15 is 0 Å². The molecule has 3 heterocycles. The summed E-state index contributed by atoms with van der Waals surface area (Å²) >= 11 is 3.36. The van der Waals surface area contributed by atoms with Crippen LogP contribution in [0.1, 0.15) is 32.6 Å². The molecular weight excluding hydrogens is 402 g/mol. The first-order valence-corrected chi connectivity index (χ1v) is 9.61. The van der Waals surface area contributed by atoms with Crippen molar-refractivity contribution in [2.75, 3.05) is 13.1 Å². The first-order valence-electron chi connectivity index (χ1n) is 8.82. The number of halogens is 1. The van der Waals surface area contributed by atoms with Gasteiger partial charge in [0.05, 0.1) is 18.5 Å². The van der Waals surface area contributed by atoms with E-state index in [0.717, 1.165) is 12.8 Å². The van der Waals surface area contributed by atoms with Crippen molar-refractivity contribution in [2.24, 2.45) is 12.5 Å². The van der Waals surface area contributed by atoms with E-state index in [2.05, 4.69) is 26.0 Å². The molecule has 0 spiro atoms. The van der Waals surface area contributed by atoms with E-state index in [1.807, 2.05) is 11.8 Å². The van der Waals surface area contributed by atoms with E-state index in [1.54, 1.807) is 11.7 Å². The predicted octanol–water partition coefficient (Wildman–Crippen LogP) is 1.05. The Morgan fingerprint density at radius 3 is 2.54 bits per heavy atom. The molecular formula is C17H22BrN5O3. The number of hydrogen-bond donors (Lipinski definition) is 1. The van der Waals surface area contributed by atoms with Crippen LogP contribution in [0, 0.1) is 5.41 Å². The van der Waals surface area contributed by atoms with Crippen LogP contribution >= 0.6 is 15.9 Å². The Balaban J connectivity index is 1.51. The van der Waals surface area contributed by atoms with Gasteiger partial charge < -0.3 is 10.0 Å². The molecule has 1 N–H and O–H groups in total. The Kier molecular flexibility index (Phi) is 4.00. The highest BCUT2D eigenvalue weighted by atomic mass is 79.9. The molecule has 1 aliphatic heterocycles. The third-order valence-corrected chi connectivity index (χ3v) is 6.59. The van der Waals surface area contributed by atoms with Gasteiger partial charge in [-0.2, -0.15) is 5.10 Å². The second kappa shape index (κ2) is 5.88. The molecule has 1 aliphatic carbocycles. The van der Waals surface area contributed by atoms with E-state index in [0.29, 0.717) is 36.1 Å². The van der Waals surface area contributed by atoms with Crippen molar-refractivity contribution in [1.82, 2.24) is 24.2 Å². The third kappa shape index (κ3) is 2.87. The number of rotatable bonds is 3. The summed E-state index contributed by atoms with van der Waals surface area (Å²) in [5.41, 5.74) is -0.688. The van der Waals surface area contributed by atoms with Crippen LogP contribution in [-0.4, -0.2) is 53.9 Å². The summed E-state index contributed by atoms with van der Waals surface area (Å²) in [5.74, 6) is 0.193. The van der Waals surface area contributed by atoms with Gasteiger partial charge in [-0.15, -0.1) is 0 Å². The number of carbonyl (C=O) groups excluding carboxylic acids is 1. The zero-order valence-electron chi connectivity index (χ0n) is 14.9. The Labute approximate surface area is 158 Å². The van der Waals surface area contributed by atoms with Crippen molar-refractivity contribution in [1.29, 1.82) is 0 Å². The van der Waals surface area contributed by atoms with Crippen LogP contribution in [0.4, 0.5) is 0 Å². The van der Waals surface area contributed by atoms with Crippen LogP contribution in [0.3, 0.4) is 0 Å². The minimum Gasteiger partial charge on any atom is -0.388 e. The maximum atomic E-state index is 12.7. The van der Waals surface area contributed by atoms with E-state index < -0.39 is 5.60 Å². The number of piperidine rings is 1. The minimum atomic E-state index is -1.02. The lowest BCUT2D eigenvalue weighted by molar-refractivity contribution is -0.141. The van der Waals surface area contributed by atoms with Crippen LogP contribution in [0.25, 0.3) is 11.0 Å². The predicted molar refractivity (Wildman–Crippen MR) is 98.6 cm³/mol. The number of amides is 1. The molecule has 0 atom stereocenters. The van der Waals surface area contributed by atoms with Crippen molar-refractivity contribution in [3.63, 3.8) is 0 Å². The maximum absolute atomic E-state index is 12.7. The largest absolute Gasteiger partial charge is 0.388 e. The van der Waals surface area contributed by atoms with Gasteiger partial charge in [-0.3, -0.25) is 18.8 Å². The van der Waals surface area contributed by atoms with Crippen LogP contribution in [0.15, 0.2) is 15.7 Å². The van der Waals surface area contributed by atoms with Crippen molar-refractivity contribution in [2.45, 2.75) is 44.8 Å². The standard InChI is InChI=1S/C17H22BrN5O3/c1-16(3-4-16)15(25)22-7-5-17(26,6-8-22)9-23-10-19-11-12(14(23)24)20-21(2)13(11)18/h10,26H,3-9H2,1-2H3. The second-order valence-corrected chi connectivity index (χ2v) is 8.62. The normalized spacial score (nSPS) is 21.2. The first-order chi connectivity index (χ1) is 12.2. The van der Waals surface area contributed by atoms with E-state index in [1.165, 1.54) is 10.9 Å². The number of fused-ring (bicyclic) bond motifs is 1. The summed E-state index contributed by atoms with van der Waals surface area (Å²) in [6.45, 7) is 3.19. The third-order valence-electron chi connectivity index (χ3n) is 5.71. The van der Waals surface area contributed by atoms with Gasteiger partial charge in [0.2, 0.25) is 5.91 Å². The van der Waals surface area contributed by atoms with Gasteiger partial charge in [0.1, 0.15) is 10.1 Å². The minimum absolute atomic E-state index is 0.155. The van der Waals surface area contributed by atoms with Gasteiger partial charge in [-0.25, -0.2) is 4.98 Å². The van der Waals surface area contributed by atoms with Crippen LogP contribution in [0.2, 0.25) is 0 Å². The quantitative estimate of drug-likeness (QED) is 0.795. The summed E-state index contributed by atoms with van der Waals surface area (Å²) in [5, 5.41) is 15.1. The molecule has 2 aromatic rings. The van der Waals surface area contributed by atoms with Crippen LogP contribution in [-0.2, 0) is 18.4 Å². The van der Waals surface area contributed by atoms with Crippen LogP contribution in [0.5, 0.6) is 0 Å². The summed E-state index contributed by atoms with van der Waals surface area (Å²) in [7, 11) is 1.73. The fourth-order valence-corrected chi connectivity index (χ4v) is 3.93. The summed E-state index contributed by atoms with van der Waals surface area (Å²) in [4.78, 5) is 31.3. The lowest BCUT2D eigenvalue weighted by Crippen LogP contribution is -2.51. The zero-order chi connectivity index (χ0) is 18.7. The molecule has 4 rings (SSSR count). The van der Waals surface area contributed by atoms with Gasteiger partial charge in [-0.05, 0) is 41.6 Å². The number of likely N-dealkylation sites (tertiary alicyclic amines) is 1. The number of carbonyl (C=O) groups is 1. The highest BCUT2D eigenvalue weighted by Gasteiger charge is 2.48. The SMILES string of the molecule is Cn1nc2c(=O)n(CC3(O)CCN(C(=O)C4(C)CC4)CC3)cnc2c1Br. The van der Waals surface area contributed by atoms with Gasteiger partial charge in [0.15, 0.2) is 5.52 Å². The monoisotopic (exact) mass is 423 g/mol. The maximum Gasteiger partial charge on any atom is 0.281 e. The molecule has 0 bridgehead atoms. The Bertz CT molecular complexity index is 938. The molecule has 1 saturated carbocycles. The molecule has 2 fully saturated rings. The molecule has 0 unspecified atom stereocenters. The number of nitrogens with zero attached hydrogens (tertiary/aromatic N) is 5. The second-order valence-electron chi connectivity index (χ2n) is 7.87.